The molecule has 26 heavy (non-hydrogen) atoms. The Morgan fingerprint density at radius 2 is 1.73 bits per heavy atom. The molecule has 1 heterocycles. The van der Waals surface area contributed by atoms with E-state index in [9.17, 15) is 15.0 Å². The molecule has 1 aliphatic heterocycles. The Balaban J connectivity index is 2.08. The van der Waals surface area contributed by atoms with Crippen molar-refractivity contribution in [3.05, 3.63) is 41.0 Å². The van der Waals surface area contributed by atoms with Crippen LogP contribution in [0.4, 0.5) is 5.69 Å². The molecular weight excluding hydrogens is 326 g/mol. The lowest BCUT2D eigenvalue weighted by Crippen LogP contribution is -2.25. The Bertz CT molecular complexity index is 819. The fourth-order valence-corrected chi connectivity index (χ4v) is 3.91. The van der Waals surface area contributed by atoms with E-state index in [1.54, 1.807) is 17.0 Å². The number of phenols is 2. The largest absolute Gasteiger partial charge is 0.507 e. The molecule has 0 unspecified atom stereocenters. The minimum absolute atomic E-state index is 0.0597. The number of aryl methyl sites for hydroxylation is 2. The molecule has 0 saturated heterocycles. The van der Waals surface area contributed by atoms with Crippen molar-refractivity contribution in [1.82, 2.24) is 0 Å². The summed E-state index contributed by atoms with van der Waals surface area (Å²) in [6.07, 6.45) is 4.44. The van der Waals surface area contributed by atoms with Gasteiger partial charge in [-0.3, -0.25) is 4.79 Å². The SMILES string of the molecule is CCCCCc1cc(O)c(-c2c(C)ccc3c2CC(=O)N3CC)c(O)c1. The molecular formula is C22H27NO3. The zero-order valence-corrected chi connectivity index (χ0v) is 15.8. The van der Waals surface area contributed by atoms with Gasteiger partial charge in [0.25, 0.3) is 0 Å². The zero-order valence-electron chi connectivity index (χ0n) is 15.8. The monoisotopic (exact) mass is 353 g/mol. The van der Waals surface area contributed by atoms with Crippen molar-refractivity contribution in [2.45, 2.75) is 52.9 Å². The first-order chi connectivity index (χ1) is 12.5. The topological polar surface area (TPSA) is 60.8 Å². The summed E-state index contributed by atoms with van der Waals surface area (Å²) < 4.78 is 0. The summed E-state index contributed by atoms with van der Waals surface area (Å²) in [7, 11) is 0. The van der Waals surface area contributed by atoms with Crippen LogP contribution in [0.3, 0.4) is 0 Å². The number of amides is 1. The molecule has 0 aliphatic carbocycles. The van der Waals surface area contributed by atoms with Crippen molar-refractivity contribution in [1.29, 1.82) is 0 Å². The van der Waals surface area contributed by atoms with E-state index in [4.69, 9.17) is 0 Å². The highest BCUT2D eigenvalue weighted by Gasteiger charge is 2.30. The molecule has 0 fully saturated rings. The maximum atomic E-state index is 12.3. The van der Waals surface area contributed by atoms with Gasteiger partial charge in [-0.2, -0.15) is 0 Å². The van der Waals surface area contributed by atoms with E-state index < -0.39 is 0 Å². The third kappa shape index (κ3) is 3.16. The second kappa shape index (κ2) is 7.40. The summed E-state index contributed by atoms with van der Waals surface area (Å²) in [5.41, 5.74) is 4.86. The standard InChI is InChI=1S/C22H27NO3/c1-4-6-7-8-15-11-18(24)22(19(25)12-15)21-14(3)9-10-17-16(21)13-20(26)23(17)5-2/h9-12,24-25H,4-8,13H2,1-3H3. The third-order valence-electron chi connectivity index (χ3n) is 5.21. The molecule has 0 atom stereocenters. The van der Waals surface area contributed by atoms with Crippen LogP contribution in [0.1, 0.15) is 49.8 Å². The van der Waals surface area contributed by atoms with Crippen molar-refractivity contribution < 1.29 is 15.0 Å². The summed E-state index contributed by atoms with van der Waals surface area (Å²) in [5.74, 6) is 0.218. The van der Waals surface area contributed by atoms with Crippen LogP contribution in [0.15, 0.2) is 24.3 Å². The lowest BCUT2D eigenvalue weighted by molar-refractivity contribution is -0.117. The smallest absolute Gasteiger partial charge is 0.231 e. The second-order valence-corrected chi connectivity index (χ2v) is 7.04. The number of fused-ring (bicyclic) bond motifs is 1. The number of hydrogen-bond donors (Lipinski definition) is 2. The average Bonchev–Trinajstić information content (AvgIpc) is 2.91. The number of hydrogen-bond acceptors (Lipinski definition) is 3. The molecule has 2 aromatic rings. The quantitative estimate of drug-likeness (QED) is 0.739. The van der Waals surface area contributed by atoms with Gasteiger partial charge < -0.3 is 15.1 Å². The number of carbonyl (C=O) groups excluding carboxylic acids is 1. The fraction of sp³-hybridized carbons (Fsp3) is 0.409. The van der Waals surface area contributed by atoms with Gasteiger partial charge in [0.2, 0.25) is 5.91 Å². The molecule has 0 bridgehead atoms. The molecule has 2 N–H and O–H groups in total. The molecule has 1 amide bonds. The normalized spacial score (nSPS) is 13.3. The molecule has 4 heteroatoms. The maximum absolute atomic E-state index is 12.3. The van der Waals surface area contributed by atoms with Crippen LogP contribution in [0, 0.1) is 6.92 Å². The number of likely N-dealkylation sites (N-methyl/N-ethyl adjacent to an activating group) is 1. The lowest BCUT2D eigenvalue weighted by atomic mass is 9.91. The molecule has 138 valence electrons. The van der Waals surface area contributed by atoms with Gasteiger partial charge in [-0.1, -0.05) is 25.8 Å². The van der Waals surface area contributed by atoms with Crippen LogP contribution >= 0.6 is 0 Å². The number of nitrogens with zero attached hydrogens (tertiary/aromatic N) is 1. The molecule has 0 spiro atoms. The van der Waals surface area contributed by atoms with Crippen LogP contribution in [0.5, 0.6) is 11.5 Å². The summed E-state index contributed by atoms with van der Waals surface area (Å²) in [6, 6.07) is 7.40. The van der Waals surface area contributed by atoms with E-state index in [1.165, 1.54) is 0 Å². The van der Waals surface area contributed by atoms with Gasteiger partial charge in [-0.25, -0.2) is 0 Å². The molecule has 0 radical (unpaired) electrons. The summed E-state index contributed by atoms with van der Waals surface area (Å²) in [6.45, 7) is 6.66. The van der Waals surface area contributed by atoms with Gasteiger partial charge in [0.1, 0.15) is 11.5 Å². The molecule has 4 nitrogen and oxygen atoms in total. The van der Waals surface area contributed by atoms with Gasteiger partial charge in [0.15, 0.2) is 0 Å². The number of carbonyl (C=O) groups is 1. The molecule has 1 aliphatic rings. The van der Waals surface area contributed by atoms with Gasteiger partial charge in [0, 0.05) is 12.2 Å². The number of benzene rings is 2. The number of phenolic OH excluding ortho intramolecular Hbond substituents is 2. The highest BCUT2D eigenvalue weighted by atomic mass is 16.3. The Hall–Kier alpha value is -2.49. The number of anilines is 1. The van der Waals surface area contributed by atoms with Crippen molar-refractivity contribution in [3.63, 3.8) is 0 Å². The Morgan fingerprint density at radius 3 is 2.35 bits per heavy atom. The zero-order chi connectivity index (χ0) is 18.8. The minimum Gasteiger partial charge on any atom is -0.507 e. The predicted molar refractivity (Wildman–Crippen MR) is 105 cm³/mol. The Morgan fingerprint density at radius 1 is 1.04 bits per heavy atom. The van der Waals surface area contributed by atoms with Crippen LogP contribution in [-0.2, 0) is 17.6 Å². The predicted octanol–water partition coefficient (Wildman–Crippen LogP) is 4.71. The first kappa shape index (κ1) is 18.3. The van der Waals surface area contributed by atoms with Crippen LogP contribution in [-0.4, -0.2) is 22.7 Å². The number of rotatable bonds is 6. The summed E-state index contributed by atoms with van der Waals surface area (Å²) in [5, 5.41) is 21.3. The van der Waals surface area contributed by atoms with E-state index in [1.807, 2.05) is 26.0 Å². The van der Waals surface area contributed by atoms with E-state index in [2.05, 4.69) is 6.92 Å². The summed E-state index contributed by atoms with van der Waals surface area (Å²) in [4.78, 5) is 14.1. The Kier molecular flexibility index (Phi) is 5.21. The van der Waals surface area contributed by atoms with Crippen molar-refractivity contribution in [2.24, 2.45) is 0 Å². The van der Waals surface area contributed by atoms with Gasteiger partial charge in [0.05, 0.1) is 12.0 Å². The number of aromatic hydroxyl groups is 2. The van der Waals surface area contributed by atoms with Gasteiger partial charge in [-0.15, -0.1) is 0 Å². The molecule has 0 saturated carbocycles. The first-order valence-corrected chi connectivity index (χ1v) is 9.46. The van der Waals surface area contributed by atoms with E-state index in [-0.39, 0.29) is 17.4 Å². The summed E-state index contributed by atoms with van der Waals surface area (Å²) >= 11 is 0. The van der Waals surface area contributed by atoms with E-state index in [0.29, 0.717) is 18.5 Å². The van der Waals surface area contributed by atoms with Crippen molar-refractivity contribution in [2.75, 3.05) is 11.4 Å². The lowest BCUT2D eigenvalue weighted by Gasteiger charge is -2.18. The molecule has 2 aromatic carbocycles. The highest BCUT2D eigenvalue weighted by molar-refractivity contribution is 6.05. The van der Waals surface area contributed by atoms with E-state index >= 15 is 0 Å². The molecule has 0 aromatic heterocycles. The average molecular weight is 353 g/mol. The fourth-order valence-electron chi connectivity index (χ4n) is 3.91. The van der Waals surface area contributed by atoms with Crippen LogP contribution < -0.4 is 4.90 Å². The minimum atomic E-state index is 0.0597. The van der Waals surface area contributed by atoms with Gasteiger partial charge >= 0.3 is 0 Å². The van der Waals surface area contributed by atoms with Crippen LogP contribution in [0.25, 0.3) is 11.1 Å². The Labute approximate surface area is 155 Å². The van der Waals surface area contributed by atoms with Gasteiger partial charge in [-0.05, 0) is 67.1 Å². The van der Waals surface area contributed by atoms with Crippen molar-refractivity contribution >= 4 is 11.6 Å². The van der Waals surface area contributed by atoms with E-state index in [0.717, 1.165) is 53.6 Å². The third-order valence-corrected chi connectivity index (χ3v) is 5.21. The first-order valence-electron chi connectivity index (χ1n) is 9.46. The molecule has 3 rings (SSSR count). The second-order valence-electron chi connectivity index (χ2n) is 7.04. The number of unbranched alkanes of at least 4 members (excludes halogenated alkanes) is 2. The van der Waals surface area contributed by atoms with Crippen molar-refractivity contribution in [3.8, 4) is 22.6 Å². The maximum Gasteiger partial charge on any atom is 0.231 e. The van der Waals surface area contributed by atoms with Crippen LogP contribution in [0.2, 0.25) is 0 Å². The highest BCUT2D eigenvalue weighted by Crippen LogP contribution is 2.46.